The van der Waals surface area contributed by atoms with Gasteiger partial charge in [0.05, 0.1) is 18.2 Å². The zero-order valence-corrected chi connectivity index (χ0v) is 14.9. The van der Waals surface area contributed by atoms with Crippen molar-refractivity contribution in [2.75, 3.05) is 6.54 Å². The Kier molecular flexibility index (Phi) is 5.59. The van der Waals surface area contributed by atoms with Gasteiger partial charge in [0.1, 0.15) is 5.76 Å². The van der Waals surface area contributed by atoms with Crippen LogP contribution in [0.5, 0.6) is 0 Å². The molecule has 0 saturated heterocycles. The van der Waals surface area contributed by atoms with Crippen molar-refractivity contribution in [3.63, 3.8) is 0 Å². The van der Waals surface area contributed by atoms with Crippen LogP contribution in [0.2, 0.25) is 0 Å². The highest BCUT2D eigenvalue weighted by atomic mass is 32.1. The predicted octanol–water partition coefficient (Wildman–Crippen LogP) is 3.17. The van der Waals surface area contributed by atoms with Crippen molar-refractivity contribution in [2.24, 2.45) is 5.41 Å². The third-order valence-electron chi connectivity index (χ3n) is 3.60. The molecule has 1 amide bonds. The number of thiophene rings is 1. The molecule has 0 radical (unpaired) electrons. The lowest BCUT2D eigenvalue weighted by Gasteiger charge is -2.26. The van der Waals surface area contributed by atoms with E-state index in [0.717, 1.165) is 5.56 Å². The Morgan fingerprint density at radius 3 is 2.87 bits per heavy atom. The van der Waals surface area contributed by atoms with Gasteiger partial charge in [-0.2, -0.15) is 11.3 Å². The fourth-order valence-electron chi connectivity index (χ4n) is 2.53. The van der Waals surface area contributed by atoms with Gasteiger partial charge in [-0.3, -0.25) is 4.79 Å². The number of nitrogens with zero attached hydrogens (tertiary/aromatic N) is 1. The molecule has 0 aromatic carbocycles. The molecule has 6 heteroatoms. The fraction of sp³-hybridized carbons (Fsp3) is 0.529. The Labute approximate surface area is 140 Å². The van der Waals surface area contributed by atoms with Gasteiger partial charge in [0.2, 0.25) is 11.8 Å². The highest BCUT2D eigenvalue weighted by Gasteiger charge is 2.22. The molecule has 126 valence electrons. The third kappa shape index (κ3) is 5.18. The van der Waals surface area contributed by atoms with Crippen molar-refractivity contribution in [1.82, 2.24) is 10.3 Å². The maximum absolute atomic E-state index is 12.1. The summed E-state index contributed by atoms with van der Waals surface area (Å²) in [6, 6.07) is 1.94. The molecule has 0 aliphatic rings. The number of nitrogens with one attached hydrogen (secondary N) is 1. The zero-order chi connectivity index (χ0) is 17.0. The number of carbonyl (C=O) groups excluding carboxylic acids is 1. The lowest BCUT2D eigenvalue weighted by Crippen LogP contribution is -2.36. The number of carbonyl (C=O) groups is 1. The summed E-state index contributed by atoms with van der Waals surface area (Å²) < 4.78 is 5.64. The van der Waals surface area contributed by atoms with Crippen LogP contribution in [0.4, 0.5) is 0 Å². The molecule has 2 aromatic heterocycles. The first-order chi connectivity index (χ1) is 10.8. The highest BCUT2D eigenvalue weighted by Crippen LogP contribution is 2.24. The van der Waals surface area contributed by atoms with Gasteiger partial charge >= 0.3 is 0 Å². The van der Waals surface area contributed by atoms with Crippen molar-refractivity contribution in [3.8, 4) is 11.5 Å². The Morgan fingerprint density at radius 2 is 2.26 bits per heavy atom. The Balaban J connectivity index is 1.93. The summed E-state index contributed by atoms with van der Waals surface area (Å²) in [5, 5.41) is 16.3. The van der Waals surface area contributed by atoms with Gasteiger partial charge in [0, 0.05) is 17.5 Å². The van der Waals surface area contributed by atoms with E-state index in [1.54, 1.807) is 18.3 Å². The van der Waals surface area contributed by atoms with E-state index in [4.69, 9.17) is 4.42 Å². The molecule has 1 unspecified atom stereocenters. The monoisotopic (exact) mass is 336 g/mol. The Bertz CT molecular complexity index is 645. The van der Waals surface area contributed by atoms with E-state index in [1.807, 2.05) is 37.6 Å². The van der Waals surface area contributed by atoms with Crippen molar-refractivity contribution in [3.05, 3.63) is 28.3 Å². The molecule has 0 aliphatic carbocycles. The number of rotatable bonds is 7. The first-order valence-electron chi connectivity index (χ1n) is 7.70. The predicted molar refractivity (Wildman–Crippen MR) is 91.3 cm³/mol. The Morgan fingerprint density at radius 1 is 1.52 bits per heavy atom. The van der Waals surface area contributed by atoms with Crippen molar-refractivity contribution in [2.45, 2.75) is 46.6 Å². The summed E-state index contributed by atoms with van der Waals surface area (Å²) in [5.41, 5.74) is 1.45. The minimum atomic E-state index is -0.382. The van der Waals surface area contributed by atoms with E-state index in [9.17, 15) is 9.90 Å². The average molecular weight is 336 g/mol. The van der Waals surface area contributed by atoms with Gasteiger partial charge in [-0.05, 0) is 37.1 Å². The number of aryl methyl sites for hydroxylation is 1. The molecule has 5 nitrogen and oxygen atoms in total. The van der Waals surface area contributed by atoms with Crippen molar-refractivity contribution < 1.29 is 14.3 Å². The van der Waals surface area contributed by atoms with E-state index in [0.29, 0.717) is 30.3 Å². The van der Waals surface area contributed by atoms with Crippen LogP contribution in [-0.2, 0) is 11.2 Å². The van der Waals surface area contributed by atoms with Gasteiger partial charge in [0.25, 0.3) is 0 Å². The first-order valence-corrected chi connectivity index (χ1v) is 8.65. The van der Waals surface area contributed by atoms with E-state index in [-0.39, 0.29) is 23.8 Å². The van der Waals surface area contributed by atoms with Crippen LogP contribution < -0.4 is 5.32 Å². The number of oxazole rings is 1. The molecule has 0 aliphatic heterocycles. The molecule has 2 aromatic rings. The van der Waals surface area contributed by atoms with E-state index in [2.05, 4.69) is 10.3 Å². The largest absolute Gasteiger partial charge is 0.441 e. The SMILES string of the molecule is Cc1oc(-c2ccsc2)nc1CC(=O)NCC(C)(C)CC(C)O. The van der Waals surface area contributed by atoms with Crippen LogP contribution in [0, 0.1) is 12.3 Å². The Hall–Kier alpha value is -1.66. The summed E-state index contributed by atoms with van der Waals surface area (Å²) in [4.78, 5) is 16.6. The normalized spacial score (nSPS) is 13.1. The smallest absolute Gasteiger partial charge is 0.227 e. The summed E-state index contributed by atoms with van der Waals surface area (Å²) in [5.74, 6) is 1.14. The molecule has 0 saturated carbocycles. The van der Waals surface area contributed by atoms with Crippen LogP contribution in [0.3, 0.4) is 0 Å². The summed E-state index contributed by atoms with van der Waals surface area (Å²) in [6.45, 7) is 8.15. The molecular formula is C17H24N2O3S. The molecule has 0 bridgehead atoms. The lowest BCUT2D eigenvalue weighted by molar-refractivity contribution is -0.121. The fourth-order valence-corrected chi connectivity index (χ4v) is 3.16. The molecule has 0 spiro atoms. The van der Waals surface area contributed by atoms with Gasteiger partial charge < -0.3 is 14.8 Å². The number of hydrogen-bond donors (Lipinski definition) is 2. The quantitative estimate of drug-likeness (QED) is 0.814. The van der Waals surface area contributed by atoms with Crippen LogP contribution in [-0.4, -0.2) is 28.6 Å². The number of hydrogen-bond acceptors (Lipinski definition) is 5. The second-order valence-electron chi connectivity index (χ2n) is 6.70. The van der Waals surface area contributed by atoms with Crippen LogP contribution in [0.1, 0.15) is 38.6 Å². The average Bonchev–Trinajstić information content (AvgIpc) is 3.06. The summed E-state index contributed by atoms with van der Waals surface area (Å²) in [7, 11) is 0. The molecular weight excluding hydrogens is 312 g/mol. The topological polar surface area (TPSA) is 75.4 Å². The standard InChI is InChI=1S/C17H24N2O3S/c1-11(20)8-17(3,4)10-18-15(21)7-14-12(2)22-16(19-14)13-5-6-23-9-13/h5-6,9,11,20H,7-8,10H2,1-4H3,(H,18,21). The molecule has 2 N–H and O–H groups in total. The van der Waals surface area contributed by atoms with E-state index >= 15 is 0 Å². The maximum Gasteiger partial charge on any atom is 0.227 e. The van der Waals surface area contributed by atoms with Crippen molar-refractivity contribution in [1.29, 1.82) is 0 Å². The van der Waals surface area contributed by atoms with Gasteiger partial charge in [-0.15, -0.1) is 0 Å². The molecule has 2 heterocycles. The first kappa shape index (κ1) is 17.7. The molecule has 2 rings (SSSR count). The van der Waals surface area contributed by atoms with E-state index in [1.165, 1.54) is 0 Å². The van der Waals surface area contributed by atoms with Crippen LogP contribution >= 0.6 is 11.3 Å². The highest BCUT2D eigenvalue weighted by molar-refractivity contribution is 7.08. The molecule has 1 atom stereocenters. The third-order valence-corrected chi connectivity index (χ3v) is 4.28. The number of amides is 1. The molecule has 0 fully saturated rings. The minimum Gasteiger partial charge on any atom is -0.441 e. The van der Waals surface area contributed by atoms with Crippen molar-refractivity contribution >= 4 is 17.2 Å². The van der Waals surface area contributed by atoms with Gasteiger partial charge in [-0.25, -0.2) is 4.98 Å². The maximum atomic E-state index is 12.1. The lowest BCUT2D eigenvalue weighted by atomic mass is 9.87. The van der Waals surface area contributed by atoms with Crippen LogP contribution in [0.25, 0.3) is 11.5 Å². The van der Waals surface area contributed by atoms with E-state index < -0.39 is 0 Å². The summed E-state index contributed by atoms with van der Waals surface area (Å²) in [6.07, 6.45) is 0.454. The number of aliphatic hydroxyl groups excluding tert-OH is 1. The number of aromatic nitrogens is 1. The second-order valence-corrected chi connectivity index (χ2v) is 7.48. The number of aliphatic hydroxyl groups is 1. The van der Waals surface area contributed by atoms with Crippen LogP contribution in [0.15, 0.2) is 21.2 Å². The van der Waals surface area contributed by atoms with Gasteiger partial charge in [0.15, 0.2) is 0 Å². The summed E-state index contributed by atoms with van der Waals surface area (Å²) >= 11 is 1.58. The zero-order valence-electron chi connectivity index (χ0n) is 14.0. The molecule has 23 heavy (non-hydrogen) atoms. The minimum absolute atomic E-state index is 0.0862. The second kappa shape index (κ2) is 7.27. The van der Waals surface area contributed by atoms with Gasteiger partial charge in [-0.1, -0.05) is 13.8 Å².